The Balaban J connectivity index is 1.91. The van der Waals surface area contributed by atoms with Crippen LogP contribution in [-0.4, -0.2) is 34.7 Å². The standard InChI is InChI=1S/C17H33NO2S/c1-2-3-4-5-6-7-8-9-10-11-12-17(15-21-17)16(20)18-13-14-19/h19H,2-15H2,1H3,(H,18,20). The second kappa shape index (κ2) is 11.4. The van der Waals surface area contributed by atoms with E-state index in [1.54, 1.807) is 11.8 Å². The molecule has 0 spiro atoms. The fourth-order valence-corrected chi connectivity index (χ4v) is 3.65. The molecule has 4 heteroatoms. The van der Waals surface area contributed by atoms with Crippen molar-refractivity contribution in [3.8, 4) is 0 Å². The van der Waals surface area contributed by atoms with E-state index in [-0.39, 0.29) is 17.3 Å². The van der Waals surface area contributed by atoms with Crippen LogP contribution in [0.2, 0.25) is 0 Å². The van der Waals surface area contributed by atoms with Crippen molar-refractivity contribution in [3.63, 3.8) is 0 Å². The quantitative estimate of drug-likeness (QED) is 0.378. The van der Waals surface area contributed by atoms with E-state index in [0.29, 0.717) is 6.54 Å². The number of nitrogens with one attached hydrogen (secondary N) is 1. The lowest BCUT2D eigenvalue weighted by atomic mass is 10.0. The number of rotatable bonds is 14. The molecule has 0 aromatic carbocycles. The second-order valence-electron chi connectivity index (χ2n) is 6.19. The molecule has 1 heterocycles. The lowest BCUT2D eigenvalue weighted by Crippen LogP contribution is -2.37. The minimum absolute atomic E-state index is 0.0325. The first kappa shape index (κ1) is 18.8. The predicted molar refractivity (Wildman–Crippen MR) is 91.7 cm³/mol. The molecule has 0 aliphatic carbocycles. The zero-order valence-corrected chi connectivity index (χ0v) is 14.5. The maximum Gasteiger partial charge on any atom is 0.237 e. The van der Waals surface area contributed by atoms with Crippen LogP contribution < -0.4 is 5.32 Å². The number of hydrogen-bond donors (Lipinski definition) is 2. The molecule has 0 aromatic heterocycles. The SMILES string of the molecule is CCCCCCCCCCCCC1(C(=O)NCCO)CS1. The van der Waals surface area contributed by atoms with E-state index in [4.69, 9.17) is 5.11 Å². The Bertz CT molecular complexity index is 280. The number of thioether (sulfide) groups is 1. The summed E-state index contributed by atoms with van der Waals surface area (Å²) < 4.78 is -0.144. The molecule has 1 fully saturated rings. The molecule has 1 amide bonds. The van der Waals surface area contributed by atoms with Crippen LogP contribution in [0, 0.1) is 0 Å². The average molecular weight is 316 g/mol. The van der Waals surface area contributed by atoms with E-state index >= 15 is 0 Å². The number of amides is 1. The molecule has 1 rings (SSSR count). The molecule has 0 bridgehead atoms. The number of carbonyl (C=O) groups excluding carboxylic acids is 1. The fourth-order valence-electron chi connectivity index (χ4n) is 2.70. The molecular formula is C17H33NO2S. The van der Waals surface area contributed by atoms with Crippen molar-refractivity contribution in [1.82, 2.24) is 5.32 Å². The first-order chi connectivity index (χ1) is 10.2. The summed E-state index contributed by atoms with van der Waals surface area (Å²) in [5.74, 6) is 1.10. The van der Waals surface area contributed by atoms with Gasteiger partial charge in [-0.05, 0) is 6.42 Å². The number of unbranched alkanes of at least 4 members (excludes halogenated alkanes) is 9. The van der Waals surface area contributed by atoms with Gasteiger partial charge in [-0.15, -0.1) is 11.8 Å². The van der Waals surface area contributed by atoms with Gasteiger partial charge in [0.1, 0.15) is 4.75 Å². The van der Waals surface area contributed by atoms with Crippen LogP contribution in [0.25, 0.3) is 0 Å². The minimum atomic E-state index is -0.144. The van der Waals surface area contributed by atoms with Crippen molar-refractivity contribution in [3.05, 3.63) is 0 Å². The summed E-state index contributed by atoms with van der Waals surface area (Å²) in [6.07, 6.45) is 14.4. The van der Waals surface area contributed by atoms with E-state index in [1.807, 2.05) is 0 Å². The highest BCUT2D eigenvalue weighted by atomic mass is 32.2. The van der Waals surface area contributed by atoms with E-state index in [1.165, 1.54) is 57.8 Å². The third-order valence-electron chi connectivity index (χ3n) is 4.24. The molecule has 0 aromatic rings. The Kier molecular flexibility index (Phi) is 10.2. The van der Waals surface area contributed by atoms with Crippen LogP contribution >= 0.6 is 11.8 Å². The average Bonchev–Trinajstić information content (AvgIpc) is 3.28. The summed E-state index contributed by atoms with van der Waals surface area (Å²) in [5, 5.41) is 11.6. The maximum absolute atomic E-state index is 11.9. The molecule has 2 N–H and O–H groups in total. The van der Waals surface area contributed by atoms with Crippen molar-refractivity contribution in [2.45, 2.75) is 82.3 Å². The zero-order chi connectivity index (χ0) is 15.4. The molecule has 124 valence electrons. The van der Waals surface area contributed by atoms with Gasteiger partial charge < -0.3 is 10.4 Å². The summed E-state index contributed by atoms with van der Waals surface area (Å²) >= 11 is 1.76. The highest BCUT2D eigenvalue weighted by Gasteiger charge is 2.50. The highest BCUT2D eigenvalue weighted by molar-refractivity contribution is 8.08. The number of aliphatic hydroxyl groups excluding tert-OH is 1. The molecule has 1 aliphatic heterocycles. The highest BCUT2D eigenvalue weighted by Crippen LogP contribution is 2.48. The first-order valence-corrected chi connectivity index (χ1v) is 9.77. The minimum Gasteiger partial charge on any atom is -0.395 e. The molecule has 1 atom stereocenters. The van der Waals surface area contributed by atoms with Crippen LogP contribution in [0.5, 0.6) is 0 Å². The van der Waals surface area contributed by atoms with Gasteiger partial charge in [0.05, 0.1) is 6.61 Å². The van der Waals surface area contributed by atoms with Crippen LogP contribution in [0.1, 0.15) is 77.6 Å². The molecule has 0 radical (unpaired) electrons. The van der Waals surface area contributed by atoms with E-state index in [0.717, 1.165) is 18.6 Å². The molecule has 21 heavy (non-hydrogen) atoms. The van der Waals surface area contributed by atoms with E-state index in [9.17, 15) is 4.79 Å². The smallest absolute Gasteiger partial charge is 0.237 e. The summed E-state index contributed by atoms with van der Waals surface area (Å²) in [6.45, 7) is 2.68. The Labute approximate surface area is 134 Å². The summed E-state index contributed by atoms with van der Waals surface area (Å²) in [6, 6.07) is 0. The first-order valence-electron chi connectivity index (χ1n) is 8.78. The van der Waals surface area contributed by atoms with Gasteiger partial charge >= 0.3 is 0 Å². The van der Waals surface area contributed by atoms with Crippen molar-refractivity contribution in [2.75, 3.05) is 18.9 Å². The van der Waals surface area contributed by atoms with E-state index in [2.05, 4.69) is 12.2 Å². The molecule has 1 unspecified atom stereocenters. The van der Waals surface area contributed by atoms with Gasteiger partial charge in [0.15, 0.2) is 0 Å². The predicted octanol–water partition coefficient (Wildman–Crippen LogP) is 3.89. The zero-order valence-electron chi connectivity index (χ0n) is 13.7. The van der Waals surface area contributed by atoms with Gasteiger partial charge in [-0.1, -0.05) is 71.1 Å². The molecule has 1 aliphatic rings. The number of hydrogen-bond acceptors (Lipinski definition) is 3. The van der Waals surface area contributed by atoms with Crippen LogP contribution in [0.3, 0.4) is 0 Å². The van der Waals surface area contributed by atoms with Crippen molar-refractivity contribution in [2.24, 2.45) is 0 Å². The molecular weight excluding hydrogens is 282 g/mol. The van der Waals surface area contributed by atoms with Crippen LogP contribution in [0.15, 0.2) is 0 Å². The third-order valence-corrected chi connectivity index (χ3v) is 5.61. The Hall–Kier alpha value is -0.220. The maximum atomic E-state index is 11.9. The Morgan fingerprint density at radius 2 is 1.57 bits per heavy atom. The molecule has 3 nitrogen and oxygen atoms in total. The van der Waals surface area contributed by atoms with Crippen molar-refractivity contribution >= 4 is 17.7 Å². The fraction of sp³-hybridized carbons (Fsp3) is 0.941. The van der Waals surface area contributed by atoms with Gasteiger partial charge in [0.2, 0.25) is 5.91 Å². The van der Waals surface area contributed by atoms with E-state index < -0.39 is 0 Å². The van der Waals surface area contributed by atoms with Gasteiger partial charge in [0, 0.05) is 12.3 Å². The second-order valence-corrected chi connectivity index (χ2v) is 7.55. The van der Waals surface area contributed by atoms with Crippen molar-refractivity contribution in [1.29, 1.82) is 0 Å². The lowest BCUT2D eigenvalue weighted by molar-refractivity contribution is -0.122. The van der Waals surface area contributed by atoms with Crippen molar-refractivity contribution < 1.29 is 9.90 Å². The summed E-state index contributed by atoms with van der Waals surface area (Å²) in [4.78, 5) is 11.9. The monoisotopic (exact) mass is 315 g/mol. The number of aliphatic hydroxyl groups is 1. The largest absolute Gasteiger partial charge is 0.395 e. The van der Waals surface area contributed by atoms with Gasteiger partial charge in [-0.25, -0.2) is 0 Å². The normalized spacial score (nSPS) is 20.5. The van der Waals surface area contributed by atoms with Crippen LogP contribution in [-0.2, 0) is 4.79 Å². The van der Waals surface area contributed by atoms with Gasteiger partial charge in [-0.2, -0.15) is 0 Å². The Morgan fingerprint density at radius 1 is 1.05 bits per heavy atom. The number of carbonyl (C=O) groups is 1. The summed E-state index contributed by atoms with van der Waals surface area (Å²) in [5.41, 5.74) is 0. The third kappa shape index (κ3) is 8.10. The lowest BCUT2D eigenvalue weighted by Gasteiger charge is -2.13. The van der Waals surface area contributed by atoms with Crippen LogP contribution in [0.4, 0.5) is 0 Å². The molecule has 1 saturated heterocycles. The van der Waals surface area contributed by atoms with Gasteiger partial charge in [0.25, 0.3) is 0 Å². The van der Waals surface area contributed by atoms with Gasteiger partial charge in [-0.3, -0.25) is 4.79 Å². The Morgan fingerprint density at radius 3 is 2.05 bits per heavy atom. The molecule has 0 saturated carbocycles. The summed E-state index contributed by atoms with van der Waals surface area (Å²) in [7, 11) is 0. The topological polar surface area (TPSA) is 49.3 Å².